The Kier molecular flexibility index (Phi) is 4.45. The van der Waals surface area contributed by atoms with E-state index in [2.05, 4.69) is 0 Å². The summed E-state index contributed by atoms with van der Waals surface area (Å²) in [5.41, 5.74) is 1.82. The van der Waals surface area contributed by atoms with Gasteiger partial charge >= 0.3 is 5.97 Å². The van der Waals surface area contributed by atoms with Gasteiger partial charge in [-0.2, -0.15) is 0 Å². The van der Waals surface area contributed by atoms with Crippen molar-refractivity contribution >= 4 is 28.5 Å². The number of phenols is 2. The number of rotatable bonds is 2. The minimum atomic E-state index is -0.450. The first-order valence-electron chi connectivity index (χ1n) is 9.49. The SMILES string of the molecule is O=C1C[C@@H](c2ccc(Cl)cc2)c2c(cc(O)c3c(=O)c(-c4ccc(O)cc4)coc23)O1. The molecule has 2 heterocycles. The van der Waals surface area contributed by atoms with Crippen LogP contribution in [0, 0.1) is 0 Å². The average Bonchev–Trinajstić information content (AvgIpc) is 2.74. The Balaban J connectivity index is 1.77. The number of hydrogen-bond donors (Lipinski definition) is 2. The number of carbonyl (C=O) groups excluding carboxylic acids is 1. The molecule has 0 bridgehead atoms. The van der Waals surface area contributed by atoms with Crippen molar-refractivity contribution in [3.05, 3.63) is 87.2 Å². The number of carbonyl (C=O) groups is 1. The smallest absolute Gasteiger partial charge is 0.312 e. The molecular formula is C24H15ClO6. The molecule has 0 aliphatic carbocycles. The van der Waals surface area contributed by atoms with Gasteiger partial charge in [0.25, 0.3) is 0 Å². The first kappa shape index (κ1) is 19.2. The highest BCUT2D eigenvalue weighted by molar-refractivity contribution is 6.30. The number of fused-ring (bicyclic) bond motifs is 3. The molecule has 7 heteroatoms. The van der Waals surface area contributed by atoms with Gasteiger partial charge in [-0.15, -0.1) is 0 Å². The van der Waals surface area contributed by atoms with Crippen molar-refractivity contribution in [1.82, 2.24) is 0 Å². The first-order valence-corrected chi connectivity index (χ1v) is 9.87. The molecular weight excluding hydrogens is 420 g/mol. The van der Waals surface area contributed by atoms with E-state index in [-0.39, 0.29) is 40.2 Å². The predicted molar refractivity (Wildman–Crippen MR) is 115 cm³/mol. The molecule has 0 radical (unpaired) electrons. The highest BCUT2D eigenvalue weighted by atomic mass is 35.5. The zero-order valence-corrected chi connectivity index (χ0v) is 16.7. The van der Waals surface area contributed by atoms with E-state index in [1.165, 1.54) is 24.5 Å². The number of hydrogen-bond acceptors (Lipinski definition) is 6. The van der Waals surface area contributed by atoms with Crippen LogP contribution in [0.3, 0.4) is 0 Å². The monoisotopic (exact) mass is 434 g/mol. The summed E-state index contributed by atoms with van der Waals surface area (Å²) in [6, 6.07) is 14.4. The van der Waals surface area contributed by atoms with Crippen LogP contribution in [-0.2, 0) is 4.79 Å². The van der Waals surface area contributed by atoms with E-state index in [0.29, 0.717) is 16.1 Å². The molecule has 0 saturated heterocycles. The van der Waals surface area contributed by atoms with Gasteiger partial charge in [0, 0.05) is 22.6 Å². The van der Waals surface area contributed by atoms with E-state index < -0.39 is 17.3 Å². The third-order valence-electron chi connectivity index (χ3n) is 5.42. The van der Waals surface area contributed by atoms with Crippen molar-refractivity contribution in [3.8, 4) is 28.4 Å². The standard InChI is InChI=1S/C24H15ClO6/c25-14-5-1-12(2-6-14)16-9-20(28)31-19-10-18(27)22-23(29)17(11-30-24(22)21(16)19)13-3-7-15(26)8-4-13/h1-8,10-11,16,26-27H,9H2/t16-/m0/s1. The molecule has 0 saturated carbocycles. The van der Waals surface area contributed by atoms with Gasteiger partial charge in [0.15, 0.2) is 0 Å². The Hall–Kier alpha value is -3.77. The molecule has 5 rings (SSSR count). The number of aromatic hydroxyl groups is 2. The lowest BCUT2D eigenvalue weighted by molar-refractivity contribution is -0.135. The lowest BCUT2D eigenvalue weighted by Gasteiger charge is -2.26. The van der Waals surface area contributed by atoms with Gasteiger partial charge in [0.1, 0.15) is 34.5 Å². The molecule has 0 fully saturated rings. The molecule has 154 valence electrons. The summed E-state index contributed by atoms with van der Waals surface area (Å²) in [6.45, 7) is 0. The minimum Gasteiger partial charge on any atom is -0.508 e. The highest BCUT2D eigenvalue weighted by Crippen LogP contribution is 2.45. The third kappa shape index (κ3) is 3.21. The largest absolute Gasteiger partial charge is 0.508 e. The predicted octanol–water partition coefficient (Wildman–Crippen LogP) is 4.97. The number of esters is 1. The van der Waals surface area contributed by atoms with Crippen molar-refractivity contribution in [2.45, 2.75) is 12.3 Å². The fourth-order valence-electron chi connectivity index (χ4n) is 3.95. The zero-order valence-electron chi connectivity index (χ0n) is 16.0. The normalized spacial score (nSPS) is 15.5. The van der Waals surface area contributed by atoms with Crippen LogP contribution in [0.2, 0.25) is 5.02 Å². The molecule has 4 aromatic rings. The maximum Gasteiger partial charge on any atom is 0.312 e. The van der Waals surface area contributed by atoms with Crippen molar-refractivity contribution in [2.24, 2.45) is 0 Å². The van der Waals surface area contributed by atoms with E-state index in [1.807, 2.05) is 0 Å². The first-order chi connectivity index (χ1) is 14.9. The van der Waals surface area contributed by atoms with E-state index >= 15 is 0 Å². The maximum absolute atomic E-state index is 13.3. The number of ether oxygens (including phenoxy) is 1. The zero-order chi connectivity index (χ0) is 21.7. The number of halogens is 1. The fourth-order valence-corrected chi connectivity index (χ4v) is 4.08. The van der Waals surface area contributed by atoms with Crippen molar-refractivity contribution in [1.29, 1.82) is 0 Å². The third-order valence-corrected chi connectivity index (χ3v) is 5.67. The average molecular weight is 435 g/mol. The van der Waals surface area contributed by atoms with E-state index in [4.69, 9.17) is 20.8 Å². The quantitative estimate of drug-likeness (QED) is 0.341. The van der Waals surface area contributed by atoms with Crippen LogP contribution in [0.5, 0.6) is 17.2 Å². The molecule has 0 unspecified atom stereocenters. The van der Waals surface area contributed by atoms with Gasteiger partial charge in [-0.3, -0.25) is 9.59 Å². The summed E-state index contributed by atoms with van der Waals surface area (Å²) in [7, 11) is 0. The molecule has 0 amide bonds. The maximum atomic E-state index is 13.3. The molecule has 31 heavy (non-hydrogen) atoms. The van der Waals surface area contributed by atoms with Crippen molar-refractivity contribution < 1.29 is 24.2 Å². The Morgan fingerprint density at radius 2 is 1.68 bits per heavy atom. The Bertz CT molecular complexity index is 1390. The van der Waals surface area contributed by atoms with Crippen LogP contribution in [-0.4, -0.2) is 16.2 Å². The van der Waals surface area contributed by atoms with Gasteiger partial charge in [-0.05, 0) is 35.4 Å². The molecule has 0 spiro atoms. The lowest BCUT2D eigenvalue weighted by atomic mass is 9.85. The molecule has 1 atom stereocenters. The van der Waals surface area contributed by atoms with Crippen molar-refractivity contribution in [3.63, 3.8) is 0 Å². The minimum absolute atomic E-state index is 0.00115. The van der Waals surface area contributed by atoms with Crippen LogP contribution in [0.4, 0.5) is 0 Å². The molecule has 3 aromatic carbocycles. The van der Waals surface area contributed by atoms with E-state index in [0.717, 1.165) is 5.56 Å². The van der Waals surface area contributed by atoms with Gasteiger partial charge < -0.3 is 19.4 Å². The van der Waals surface area contributed by atoms with E-state index in [9.17, 15) is 19.8 Å². The second kappa shape index (κ2) is 7.18. The number of phenolic OH excluding ortho intramolecular Hbond substituents is 2. The van der Waals surface area contributed by atoms with E-state index in [1.54, 1.807) is 36.4 Å². The topological polar surface area (TPSA) is 97.0 Å². The van der Waals surface area contributed by atoms with Gasteiger partial charge in [0.05, 0.1) is 12.0 Å². The van der Waals surface area contributed by atoms with Gasteiger partial charge in [0.2, 0.25) is 5.43 Å². The van der Waals surface area contributed by atoms with Crippen LogP contribution >= 0.6 is 11.6 Å². The van der Waals surface area contributed by atoms with Gasteiger partial charge in [-0.25, -0.2) is 0 Å². The molecule has 1 aliphatic heterocycles. The Labute approximate surface area is 180 Å². The summed E-state index contributed by atoms with van der Waals surface area (Å²) < 4.78 is 11.2. The summed E-state index contributed by atoms with van der Waals surface area (Å²) in [5, 5.41) is 20.7. The van der Waals surface area contributed by atoms with Gasteiger partial charge in [-0.1, -0.05) is 35.9 Å². The second-order valence-corrected chi connectivity index (χ2v) is 7.76. The van der Waals surface area contributed by atoms with Crippen LogP contribution in [0.25, 0.3) is 22.1 Å². The Morgan fingerprint density at radius 3 is 2.39 bits per heavy atom. The van der Waals surface area contributed by atoms with Crippen LogP contribution in [0.15, 0.2) is 70.1 Å². The summed E-state index contributed by atoms with van der Waals surface area (Å²) in [6.07, 6.45) is 1.37. The lowest BCUT2D eigenvalue weighted by Crippen LogP contribution is -2.22. The molecule has 2 N–H and O–H groups in total. The summed E-state index contributed by atoms with van der Waals surface area (Å²) >= 11 is 6.00. The fraction of sp³-hybridized carbons (Fsp3) is 0.0833. The summed E-state index contributed by atoms with van der Waals surface area (Å²) in [4.78, 5) is 25.5. The van der Waals surface area contributed by atoms with Crippen molar-refractivity contribution in [2.75, 3.05) is 0 Å². The highest BCUT2D eigenvalue weighted by Gasteiger charge is 2.33. The molecule has 1 aliphatic rings. The summed E-state index contributed by atoms with van der Waals surface area (Å²) in [5.74, 6) is -0.999. The van der Waals surface area contributed by atoms with Crippen LogP contribution in [0.1, 0.15) is 23.5 Å². The van der Waals surface area contributed by atoms with Crippen LogP contribution < -0.4 is 10.2 Å². The number of benzene rings is 3. The Morgan fingerprint density at radius 1 is 0.968 bits per heavy atom. The molecule has 1 aromatic heterocycles. The molecule has 6 nitrogen and oxygen atoms in total. The second-order valence-electron chi connectivity index (χ2n) is 7.32.